The molecule has 5 heteroatoms. The molecule has 0 unspecified atom stereocenters. The van der Waals surface area contributed by atoms with Gasteiger partial charge in [0.25, 0.3) is 0 Å². The number of hydrogen-bond acceptors (Lipinski definition) is 3. The van der Waals surface area contributed by atoms with Crippen LogP contribution in [0.25, 0.3) is 17.0 Å². The van der Waals surface area contributed by atoms with Crippen molar-refractivity contribution in [2.45, 2.75) is 0 Å². The molecule has 0 fully saturated rings. The molecule has 2 heterocycles. The molecular weight excluding hydrogens is 230 g/mol. The van der Waals surface area contributed by atoms with Crippen molar-refractivity contribution in [1.29, 1.82) is 0 Å². The van der Waals surface area contributed by atoms with E-state index >= 15 is 0 Å². The number of nitrogens with zero attached hydrogens (tertiary/aromatic N) is 3. The number of pyridine rings is 1. The van der Waals surface area contributed by atoms with Crippen molar-refractivity contribution >= 4 is 11.6 Å². The van der Waals surface area contributed by atoms with Gasteiger partial charge in [-0.15, -0.1) is 10.2 Å². The molecule has 5 nitrogen and oxygen atoms in total. The largest absolute Gasteiger partial charge is 0.478 e. The maximum atomic E-state index is 10.9. The Kier molecular flexibility index (Phi) is 2.30. The molecular formula is C13H9N3O2. The van der Waals surface area contributed by atoms with Crippen LogP contribution in [-0.2, 0) is 0 Å². The molecule has 0 aliphatic carbocycles. The van der Waals surface area contributed by atoms with E-state index < -0.39 is 5.97 Å². The maximum Gasteiger partial charge on any atom is 0.335 e. The summed E-state index contributed by atoms with van der Waals surface area (Å²) in [6, 6.07) is 12.2. The Morgan fingerprint density at radius 3 is 2.83 bits per heavy atom. The second-order valence-electron chi connectivity index (χ2n) is 3.84. The monoisotopic (exact) mass is 239 g/mol. The molecule has 1 N–H and O–H groups in total. The summed E-state index contributed by atoms with van der Waals surface area (Å²) in [5, 5.41) is 17.1. The lowest BCUT2D eigenvalue weighted by Gasteiger charge is -2.01. The van der Waals surface area contributed by atoms with Crippen LogP contribution in [0.1, 0.15) is 10.4 Å². The number of carboxylic acids is 1. The summed E-state index contributed by atoms with van der Waals surface area (Å²) >= 11 is 0. The van der Waals surface area contributed by atoms with Crippen LogP contribution >= 0.6 is 0 Å². The Balaban J connectivity index is 2.20. The SMILES string of the molecule is O=C(O)c1cccc(-c2nnc3ccccn23)c1. The molecule has 0 amide bonds. The van der Waals surface area contributed by atoms with Gasteiger partial charge in [0.15, 0.2) is 11.5 Å². The van der Waals surface area contributed by atoms with Gasteiger partial charge in [0.1, 0.15) is 0 Å². The number of carbonyl (C=O) groups is 1. The summed E-state index contributed by atoms with van der Waals surface area (Å²) in [4.78, 5) is 10.9. The first-order valence-corrected chi connectivity index (χ1v) is 5.39. The molecule has 2 aromatic heterocycles. The van der Waals surface area contributed by atoms with Gasteiger partial charge < -0.3 is 5.11 Å². The van der Waals surface area contributed by atoms with Crippen LogP contribution in [0.3, 0.4) is 0 Å². The molecule has 3 aromatic rings. The van der Waals surface area contributed by atoms with E-state index in [1.807, 2.05) is 34.9 Å². The summed E-state index contributed by atoms with van der Waals surface area (Å²) in [6.45, 7) is 0. The first-order chi connectivity index (χ1) is 8.75. The van der Waals surface area contributed by atoms with E-state index in [9.17, 15) is 4.79 Å². The summed E-state index contributed by atoms with van der Waals surface area (Å²) in [6.07, 6.45) is 1.85. The van der Waals surface area contributed by atoms with Crippen LogP contribution in [0, 0.1) is 0 Å². The number of carboxylic acid groups (broad SMARTS) is 1. The molecule has 3 rings (SSSR count). The van der Waals surface area contributed by atoms with Crippen molar-refractivity contribution in [1.82, 2.24) is 14.6 Å². The minimum Gasteiger partial charge on any atom is -0.478 e. The number of hydrogen-bond donors (Lipinski definition) is 1. The van der Waals surface area contributed by atoms with E-state index in [0.717, 1.165) is 11.2 Å². The van der Waals surface area contributed by atoms with E-state index in [2.05, 4.69) is 10.2 Å². The Morgan fingerprint density at radius 1 is 1.11 bits per heavy atom. The normalized spacial score (nSPS) is 10.7. The molecule has 0 aliphatic heterocycles. The van der Waals surface area contributed by atoms with Crippen LogP contribution in [0.5, 0.6) is 0 Å². The van der Waals surface area contributed by atoms with E-state index in [1.54, 1.807) is 18.2 Å². The second kappa shape index (κ2) is 3.96. The Hall–Kier alpha value is -2.69. The van der Waals surface area contributed by atoms with Gasteiger partial charge in [-0.1, -0.05) is 18.2 Å². The Labute approximate surface area is 102 Å². The molecule has 0 atom stereocenters. The van der Waals surface area contributed by atoms with E-state index in [1.165, 1.54) is 0 Å². The smallest absolute Gasteiger partial charge is 0.335 e. The fourth-order valence-electron chi connectivity index (χ4n) is 1.83. The fraction of sp³-hybridized carbons (Fsp3) is 0. The molecule has 18 heavy (non-hydrogen) atoms. The molecule has 0 bridgehead atoms. The van der Waals surface area contributed by atoms with Gasteiger partial charge in [0.05, 0.1) is 5.56 Å². The summed E-state index contributed by atoms with van der Waals surface area (Å²) in [7, 11) is 0. The number of fused-ring (bicyclic) bond motifs is 1. The minimum absolute atomic E-state index is 0.236. The molecule has 0 radical (unpaired) electrons. The van der Waals surface area contributed by atoms with E-state index in [-0.39, 0.29) is 5.56 Å². The molecule has 0 spiro atoms. The first kappa shape index (κ1) is 10.5. The molecule has 1 aromatic carbocycles. The summed E-state index contributed by atoms with van der Waals surface area (Å²) in [5.41, 5.74) is 1.70. The third kappa shape index (κ3) is 1.62. The quantitative estimate of drug-likeness (QED) is 0.743. The zero-order valence-electron chi connectivity index (χ0n) is 9.32. The second-order valence-corrected chi connectivity index (χ2v) is 3.84. The Bertz CT molecular complexity index is 734. The van der Waals surface area contributed by atoms with Crippen molar-refractivity contribution in [2.24, 2.45) is 0 Å². The van der Waals surface area contributed by atoms with Gasteiger partial charge >= 0.3 is 5.97 Å². The van der Waals surface area contributed by atoms with Crippen molar-refractivity contribution in [3.05, 3.63) is 54.2 Å². The minimum atomic E-state index is -0.953. The van der Waals surface area contributed by atoms with Crippen LogP contribution < -0.4 is 0 Å². The van der Waals surface area contributed by atoms with Crippen LogP contribution in [0.2, 0.25) is 0 Å². The molecule has 88 valence electrons. The van der Waals surface area contributed by atoms with Crippen molar-refractivity contribution in [2.75, 3.05) is 0 Å². The predicted octanol–water partition coefficient (Wildman–Crippen LogP) is 2.09. The standard InChI is InChI=1S/C13H9N3O2/c17-13(18)10-5-3-4-9(8-10)12-15-14-11-6-1-2-7-16(11)12/h1-8H,(H,17,18). The predicted molar refractivity (Wildman–Crippen MR) is 65.4 cm³/mol. The summed E-state index contributed by atoms with van der Waals surface area (Å²) in [5.74, 6) is -0.320. The summed E-state index contributed by atoms with van der Waals surface area (Å²) < 4.78 is 1.82. The van der Waals surface area contributed by atoms with Crippen LogP contribution in [0.15, 0.2) is 48.7 Å². The van der Waals surface area contributed by atoms with Crippen molar-refractivity contribution in [3.63, 3.8) is 0 Å². The van der Waals surface area contributed by atoms with Crippen molar-refractivity contribution in [3.8, 4) is 11.4 Å². The molecule has 0 saturated heterocycles. The maximum absolute atomic E-state index is 10.9. The average molecular weight is 239 g/mol. The van der Waals surface area contributed by atoms with Crippen LogP contribution in [-0.4, -0.2) is 25.7 Å². The zero-order chi connectivity index (χ0) is 12.5. The van der Waals surface area contributed by atoms with Gasteiger partial charge in [0.2, 0.25) is 0 Å². The highest BCUT2D eigenvalue weighted by Gasteiger charge is 2.09. The molecule has 0 saturated carbocycles. The lowest BCUT2D eigenvalue weighted by molar-refractivity contribution is 0.0697. The van der Waals surface area contributed by atoms with Gasteiger partial charge in [0, 0.05) is 11.8 Å². The number of benzene rings is 1. The third-order valence-corrected chi connectivity index (χ3v) is 2.68. The highest BCUT2D eigenvalue weighted by molar-refractivity contribution is 5.89. The first-order valence-electron chi connectivity index (χ1n) is 5.39. The fourth-order valence-corrected chi connectivity index (χ4v) is 1.83. The van der Waals surface area contributed by atoms with Gasteiger partial charge in [-0.3, -0.25) is 4.40 Å². The number of rotatable bonds is 2. The zero-order valence-corrected chi connectivity index (χ0v) is 9.32. The molecule has 0 aliphatic rings. The van der Waals surface area contributed by atoms with Crippen molar-refractivity contribution < 1.29 is 9.90 Å². The topological polar surface area (TPSA) is 67.5 Å². The third-order valence-electron chi connectivity index (χ3n) is 2.68. The Morgan fingerprint density at radius 2 is 2.00 bits per heavy atom. The lowest BCUT2D eigenvalue weighted by Crippen LogP contribution is -1.97. The van der Waals surface area contributed by atoms with Gasteiger partial charge in [-0.05, 0) is 24.3 Å². The van der Waals surface area contributed by atoms with E-state index in [4.69, 9.17) is 5.11 Å². The highest BCUT2D eigenvalue weighted by atomic mass is 16.4. The number of aromatic carboxylic acids is 1. The average Bonchev–Trinajstić information content (AvgIpc) is 2.82. The van der Waals surface area contributed by atoms with Crippen LogP contribution in [0.4, 0.5) is 0 Å². The van der Waals surface area contributed by atoms with Gasteiger partial charge in [-0.25, -0.2) is 4.79 Å². The lowest BCUT2D eigenvalue weighted by atomic mass is 10.1. The number of aromatic nitrogens is 3. The van der Waals surface area contributed by atoms with E-state index in [0.29, 0.717) is 5.82 Å². The van der Waals surface area contributed by atoms with Gasteiger partial charge in [-0.2, -0.15) is 0 Å². The highest BCUT2D eigenvalue weighted by Crippen LogP contribution is 2.19.